The smallest absolute Gasteiger partial charge is 0.252 e. The van der Waals surface area contributed by atoms with Crippen LogP contribution in [0.1, 0.15) is 201 Å². The number of furan rings is 1. The maximum Gasteiger partial charge on any atom is 0.252 e. The standard InChI is InChI=1S/C82H81BN2O/c1-46-38-68-75-69(39-46)85-65-34-27-51(78(5,6)7)41-57(65)47-20-23-49(24-21-47)80(11,12)53-28-35-70-61(43-53)73-66(18-17-19-71(73)86-70)84(68)67-40-48(74-56-30-26-52(79(8,9)10)44-62(56)81(13)36-15-16-37-82(74,81)14)22-32-63(67)83(75)64-33-31-55-59-45-58(59)54-29-25-50(77(2,3)4)42-60(54)72(55)76(64)85/h17-35,38-44,58-59,74H,15-16,36-37,45H2,1-14H3. The van der Waals surface area contributed by atoms with Gasteiger partial charge in [-0.1, -0.05) is 206 Å². The van der Waals surface area contributed by atoms with Gasteiger partial charge in [-0.2, -0.15) is 0 Å². The number of benzene rings is 9. The third-order valence-corrected chi connectivity index (χ3v) is 23.3. The summed E-state index contributed by atoms with van der Waals surface area (Å²) in [7, 11) is 0. The fourth-order valence-corrected chi connectivity index (χ4v) is 18.1. The summed E-state index contributed by atoms with van der Waals surface area (Å²) >= 11 is 0. The van der Waals surface area contributed by atoms with E-state index < -0.39 is 0 Å². The lowest BCUT2D eigenvalue weighted by Crippen LogP contribution is -2.61. The van der Waals surface area contributed by atoms with E-state index >= 15 is 0 Å². The second-order valence-corrected chi connectivity index (χ2v) is 31.7. The third kappa shape index (κ3) is 7.05. The van der Waals surface area contributed by atoms with E-state index in [1.165, 1.54) is 155 Å². The van der Waals surface area contributed by atoms with Crippen LogP contribution in [-0.2, 0) is 27.1 Å². The molecule has 5 unspecified atom stereocenters. The molecule has 9 aromatic carbocycles. The minimum absolute atomic E-state index is 0.0183. The fourth-order valence-electron chi connectivity index (χ4n) is 18.1. The molecular weight excluding hydrogens is 1040 g/mol. The van der Waals surface area contributed by atoms with Gasteiger partial charge in [0.1, 0.15) is 11.2 Å². The summed E-state index contributed by atoms with van der Waals surface area (Å²) in [6, 6.07) is 64.4. The summed E-state index contributed by atoms with van der Waals surface area (Å²) in [5, 5.41) is 2.31. The predicted octanol–water partition coefficient (Wildman–Crippen LogP) is 20.4. The van der Waals surface area contributed by atoms with Crippen LogP contribution in [0.3, 0.4) is 0 Å². The van der Waals surface area contributed by atoms with E-state index in [1.807, 2.05) is 0 Å². The number of aryl methyl sites for hydroxylation is 1. The molecule has 2 saturated carbocycles. The molecule has 428 valence electrons. The quantitative estimate of drug-likeness (QED) is 0.153. The summed E-state index contributed by atoms with van der Waals surface area (Å²) in [6.45, 7) is 33.8. The first kappa shape index (κ1) is 52.7. The highest BCUT2D eigenvalue weighted by molar-refractivity contribution is 7.00. The van der Waals surface area contributed by atoms with Crippen molar-refractivity contribution in [3.63, 3.8) is 0 Å². The first-order valence-electron chi connectivity index (χ1n) is 32.5. The van der Waals surface area contributed by atoms with Gasteiger partial charge >= 0.3 is 0 Å². The average molecular weight is 1120 g/mol. The van der Waals surface area contributed by atoms with Gasteiger partial charge in [0.2, 0.25) is 0 Å². The van der Waals surface area contributed by atoms with Crippen LogP contribution in [0.5, 0.6) is 0 Å². The number of anilines is 6. The van der Waals surface area contributed by atoms with E-state index in [0.717, 1.165) is 27.6 Å². The molecule has 18 rings (SSSR count). The van der Waals surface area contributed by atoms with Crippen molar-refractivity contribution in [3.8, 4) is 22.3 Å². The van der Waals surface area contributed by atoms with Gasteiger partial charge in [-0.15, -0.1) is 0 Å². The molecule has 5 heterocycles. The molecule has 4 aliphatic heterocycles. The van der Waals surface area contributed by atoms with Gasteiger partial charge in [0.15, 0.2) is 0 Å². The number of nitrogens with zero attached hydrogens (tertiary/aromatic N) is 2. The van der Waals surface area contributed by atoms with E-state index in [2.05, 4.69) is 264 Å². The van der Waals surface area contributed by atoms with Crippen LogP contribution in [0.25, 0.3) is 44.2 Å². The SMILES string of the molecule is Cc1cc2c3c(c1)N1c4cc(C5c6ccc(C(C)(C)C)cc6C6(C)CCCCC56C)ccc4B3c3ccc4c(c3N2c2ccc(C(C)(C)C)cc2-c2ccc(cc2)C(C)(C)c2ccc3oc5cccc1c5c3c2)-c1cc(C(C)(C)C)ccc1C1CC41. The molecular formula is C82H81BN2O. The van der Waals surface area contributed by atoms with Gasteiger partial charge in [0.05, 0.1) is 16.8 Å². The molecule has 4 aliphatic carbocycles. The first-order chi connectivity index (χ1) is 40.9. The zero-order valence-electron chi connectivity index (χ0n) is 53.2. The normalized spacial score (nSPS) is 22.5. The molecule has 3 nitrogen and oxygen atoms in total. The lowest BCUT2D eigenvalue weighted by molar-refractivity contribution is 0.0923. The van der Waals surface area contributed by atoms with E-state index in [-0.39, 0.29) is 45.1 Å². The Morgan fingerprint density at radius 3 is 1.90 bits per heavy atom. The molecule has 0 spiro atoms. The molecule has 8 aliphatic rings. The van der Waals surface area contributed by atoms with Crippen LogP contribution in [-0.4, -0.2) is 6.71 Å². The summed E-state index contributed by atoms with van der Waals surface area (Å²) in [6.07, 6.45) is 6.15. The Kier molecular flexibility index (Phi) is 10.5. The van der Waals surface area contributed by atoms with Crippen LogP contribution >= 0.6 is 0 Å². The average Bonchev–Trinajstić information content (AvgIpc) is 1.14. The number of fused-ring (bicyclic) bond motifs is 16. The van der Waals surface area contributed by atoms with Crippen molar-refractivity contribution >= 4 is 79.2 Å². The Labute approximate surface area is 511 Å². The van der Waals surface area contributed by atoms with E-state index in [4.69, 9.17) is 4.42 Å². The summed E-state index contributed by atoms with van der Waals surface area (Å²) in [4.78, 5) is 5.50. The Hall–Kier alpha value is -7.56. The van der Waals surface area contributed by atoms with Crippen molar-refractivity contribution in [2.24, 2.45) is 5.41 Å². The van der Waals surface area contributed by atoms with Gasteiger partial charge in [-0.3, -0.25) is 0 Å². The molecule has 4 heteroatoms. The van der Waals surface area contributed by atoms with E-state index in [9.17, 15) is 0 Å². The molecule has 0 amide bonds. The Morgan fingerprint density at radius 1 is 0.512 bits per heavy atom. The van der Waals surface area contributed by atoms with Gasteiger partial charge in [0.25, 0.3) is 6.71 Å². The summed E-state index contributed by atoms with van der Waals surface area (Å²) in [5.41, 5.74) is 34.0. The fraction of sp³-hybridized carbons (Fsp3) is 0.341. The van der Waals surface area contributed by atoms with Crippen molar-refractivity contribution < 1.29 is 4.42 Å². The van der Waals surface area contributed by atoms with Crippen LogP contribution in [0.15, 0.2) is 162 Å². The number of hydrogen-bond donors (Lipinski definition) is 0. The monoisotopic (exact) mass is 1120 g/mol. The maximum atomic E-state index is 7.04. The van der Waals surface area contributed by atoms with Crippen LogP contribution < -0.4 is 26.2 Å². The van der Waals surface area contributed by atoms with Gasteiger partial charge in [-0.25, -0.2) is 0 Å². The van der Waals surface area contributed by atoms with Gasteiger partial charge < -0.3 is 14.2 Å². The van der Waals surface area contributed by atoms with Crippen molar-refractivity contribution in [2.75, 3.05) is 9.80 Å². The molecule has 0 radical (unpaired) electrons. The van der Waals surface area contributed by atoms with Crippen molar-refractivity contribution in [1.29, 1.82) is 0 Å². The zero-order chi connectivity index (χ0) is 59.3. The molecule has 1 aromatic heterocycles. The highest BCUT2D eigenvalue weighted by atomic mass is 16.3. The molecule has 5 atom stereocenters. The van der Waals surface area contributed by atoms with Crippen molar-refractivity contribution in [2.45, 2.75) is 174 Å². The minimum atomic E-state index is -0.312. The van der Waals surface area contributed by atoms with Crippen LogP contribution in [0.4, 0.5) is 34.1 Å². The van der Waals surface area contributed by atoms with E-state index in [0.29, 0.717) is 11.8 Å². The number of hydrogen-bond acceptors (Lipinski definition) is 3. The zero-order valence-corrected chi connectivity index (χ0v) is 53.2. The Balaban J connectivity index is 1.03. The van der Waals surface area contributed by atoms with E-state index in [1.54, 1.807) is 5.56 Å². The highest BCUT2D eigenvalue weighted by Crippen LogP contribution is 2.68. The summed E-state index contributed by atoms with van der Waals surface area (Å²) in [5.74, 6) is 1.27. The van der Waals surface area contributed by atoms with Gasteiger partial charge in [0, 0.05) is 50.6 Å². The lowest BCUT2D eigenvalue weighted by atomic mass is 9.33. The van der Waals surface area contributed by atoms with Gasteiger partial charge in [-0.05, 0) is 208 Å². The maximum absolute atomic E-state index is 7.04. The molecule has 2 fully saturated rings. The first-order valence-corrected chi connectivity index (χ1v) is 32.5. The van der Waals surface area contributed by atoms with Crippen molar-refractivity contribution in [1.82, 2.24) is 0 Å². The second-order valence-electron chi connectivity index (χ2n) is 31.7. The Morgan fingerprint density at radius 2 is 1.15 bits per heavy atom. The molecule has 10 aromatic rings. The largest absolute Gasteiger partial charge is 0.456 e. The van der Waals surface area contributed by atoms with Crippen molar-refractivity contribution in [3.05, 3.63) is 219 Å². The predicted molar refractivity (Wildman–Crippen MR) is 364 cm³/mol. The molecule has 0 N–H and O–H groups in total. The lowest BCUT2D eigenvalue weighted by Gasteiger charge is -2.49. The second kappa shape index (κ2) is 17.2. The molecule has 0 saturated heterocycles. The molecule has 9 bridgehead atoms. The minimum Gasteiger partial charge on any atom is -0.456 e. The highest BCUT2D eigenvalue weighted by Gasteiger charge is 2.59. The number of rotatable bonds is 1. The van der Waals surface area contributed by atoms with Crippen LogP contribution in [0, 0.1) is 12.3 Å². The topological polar surface area (TPSA) is 19.6 Å². The summed E-state index contributed by atoms with van der Waals surface area (Å²) < 4.78 is 7.04. The Bertz CT molecular complexity index is 4630. The third-order valence-electron chi connectivity index (χ3n) is 23.3. The van der Waals surface area contributed by atoms with Crippen LogP contribution in [0.2, 0.25) is 0 Å². The molecule has 86 heavy (non-hydrogen) atoms.